The number of hydrogen-bond acceptors (Lipinski definition) is 5. The predicted octanol–water partition coefficient (Wildman–Crippen LogP) is 4.36. The van der Waals surface area contributed by atoms with Gasteiger partial charge in [0.25, 0.3) is 5.92 Å². The fourth-order valence-corrected chi connectivity index (χ4v) is 2.50. The van der Waals surface area contributed by atoms with Crippen molar-refractivity contribution in [1.29, 1.82) is 0 Å². The van der Waals surface area contributed by atoms with Gasteiger partial charge in [0.05, 0.1) is 28.8 Å². The third-order valence-corrected chi connectivity index (χ3v) is 4.18. The zero-order chi connectivity index (χ0) is 18.9. The number of alkyl halides is 2. The van der Waals surface area contributed by atoms with Gasteiger partial charge >= 0.3 is 6.01 Å². The van der Waals surface area contributed by atoms with Crippen molar-refractivity contribution in [2.75, 3.05) is 0 Å². The van der Waals surface area contributed by atoms with Crippen LogP contribution in [0.2, 0.25) is 10.0 Å². The first-order chi connectivity index (χ1) is 12.2. The van der Waals surface area contributed by atoms with Crippen LogP contribution in [0.25, 0.3) is 5.69 Å². The van der Waals surface area contributed by atoms with E-state index in [2.05, 4.69) is 20.3 Å². The van der Waals surface area contributed by atoms with E-state index in [-0.39, 0.29) is 23.2 Å². The van der Waals surface area contributed by atoms with Crippen molar-refractivity contribution in [2.45, 2.75) is 26.4 Å². The lowest BCUT2D eigenvalue weighted by molar-refractivity contribution is 0.0176. The van der Waals surface area contributed by atoms with E-state index in [1.54, 1.807) is 19.2 Å². The highest BCUT2D eigenvalue weighted by molar-refractivity contribution is 6.31. The minimum Gasteiger partial charge on any atom is -0.457 e. The van der Waals surface area contributed by atoms with Crippen LogP contribution in [0, 0.1) is 6.92 Å². The smallest absolute Gasteiger partial charge is 0.317 e. The molecule has 0 saturated heterocycles. The van der Waals surface area contributed by atoms with Crippen molar-refractivity contribution in [3.05, 3.63) is 57.6 Å². The Morgan fingerprint density at radius 3 is 2.69 bits per heavy atom. The van der Waals surface area contributed by atoms with Gasteiger partial charge in [-0.2, -0.15) is 4.98 Å². The normalized spacial score (nSPS) is 11.6. The molecule has 0 radical (unpaired) electrons. The van der Waals surface area contributed by atoms with Crippen molar-refractivity contribution >= 4 is 23.2 Å². The van der Waals surface area contributed by atoms with Crippen LogP contribution >= 0.6 is 23.2 Å². The molecule has 1 aromatic carbocycles. The second-order valence-electron chi connectivity index (χ2n) is 5.58. The van der Waals surface area contributed by atoms with E-state index >= 15 is 0 Å². The van der Waals surface area contributed by atoms with E-state index < -0.39 is 5.92 Å². The first kappa shape index (κ1) is 18.5. The van der Waals surface area contributed by atoms with E-state index in [9.17, 15) is 8.78 Å². The molecule has 136 valence electrons. The van der Waals surface area contributed by atoms with Gasteiger partial charge < -0.3 is 4.74 Å². The molecule has 0 saturated carbocycles. The summed E-state index contributed by atoms with van der Waals surface area (Å²) in [6.07, 6.45) is 3.00. The van der Waals surface area contributed by atoms with Crippen molar-refractivity contribution in [3.63, 3.8) is 0 Å². The first-order valence-corrected chi connectivity index (χ1v) is 8.21. The summed E-state index contributed by atoms with van der Waals surface area (Å²) in [6, 6.07) is 4.39. The van der Waals surface area contributed by atoms with Crippen LogP contribution in [0.1, 0.15) is 23.9 Å². The highest BCUT2D eigenvalue weighted by Gasteiger charge is 2.27. The molecule has 0 atom stereocenters. The number of nitrogens with zero attached hydrogens (tertiary/aromatic N) is 5. The quantitative estimate of drug-likeness (QED) is 0.637. The zero-order valence-corrected chi connectivity index (χ0v) is 15.3. The lowest BCUT2D eigenvalue weighted by atomic mass is 10.1. The molecule has 2 aromatic heterocycles. The fraction of sp³-hybridized carbons (Fsp3) is 0.250. The summed E-state index contributed by atoms with van der Waals surface area (Å²) in [6.45, 7) is 2.58. The molecule has 10 heteroatoms. The maximum absolute atomic E-state index is 13.6. The molecule has 0 unspecified atom stereocenters. The lowest BCUT2D eigenvalue weighted by Gasteiger charge is -2.13. The molecule has 0 bridgehead atoms. The molecule has 0 N–H and O–H groups in total. The molecular weight excluding hydrogens is 387 g/mol. The molecule has 0 amide bonds. The molecular formula is C16H13Cl2F2N5O. The molecule has 0 fully saturated rings. The minimum absolute atomic E-state index is 0.0137. The Morgan fingerprint density at radius 1 is 1.23 bits per heavy atom. The Hall–Kier alpha value is -2.32. The number of ether oxygens (including phenoxy) is 1. The maximum atomic E-state index is 13.6. The predicted molar refractivity (Wildman–Crippen MR) is 92.0 cm³/mol. The number of aryl methyl sites for hydroxylation is 1. The van der Waals surface area contributed by atoms with Crippen molar-refractivity contribution < 1.29 is 13.5 Å². The Morgan fingerprint density at radius 2 is 2.00 bits per heavy atom. The van der Waals surface area contributed by atoms with Crippen molar-refractivity contribution in [2.24, 2.45) is 0 Å². The lowest BCUT2D eigenvalue weighted by Crippen LogP contribution is -2.09. The fourth-order valence-electron chi connectivity index (χ4n) is 2.12. The van der Waals surface area contributed by atoms with Gasteiger partial charge in [-0.15, -0.1) is 5.10 Å². The van der Waals surface area contributed by atoms with E-state index in [0.29, 0.717) is 22.1 Å². The van der Waals surface area contributed by atoms with Gasteiger partial charge in [0.15, 0.2) is 0 Å². The molecule has 26 heavy (non-hydrogen) atoms. The minimum atomic E-state index is -3.07. The van der Waals surface area contributed by atoms with Gasteiger partial charge in [0.1, 0.15) is 12.3 Å². The largest absolute Gasteiger partial charge is 0.457 e. The Balaban J connectivity index is 1.76. The second-order valence-corrected chi connectivity index (χ2v) is 6.40. The highest BCUT2D eigenvalue weighted by atomic mass is 35.5. The summed E-state index contributed by atoms with van der Waals surface area (Å²) >= 11 is 11.7. The summed E-state index contributed by atoms with van der Waals surface area (Å²) in [7, 11) is 0. The summed E-state index contributed by atoms with van der Waals surface area (Å²) in [5.41, 5.74) is 1.19. The van der Waals surface area contributed by atoms with E-state index in [4.69, 9.17) is 27.9 Å². The van der Waals surface area contributed by atoms with Crippen LogP contribution in [0.15, 0.2) is 30.6 Å². The number of aromatic nitrogens is 5. The molecule has 3 aromatic rings. The third-order valence-electron chi connectivity index (χ3n) is 3.47. The van der Waals surface area contributed by atoms with Gasteiger partial charge in [-0.1, -0.05) is 28.4 Å². The Kier molecular flexibility index (Phi) is 5.06. The van der Waals surface area contributed by atoms with Crippen LogP contribution in [0.5, 0.6) is 6.01 Å². The molecule has 3 rings (SSSR count). The third kappa shape index (κ3) is 4.08. The maximum Gasteiger partial charge on any atom is 0.317 e. The SMILES string of the molecule is Cc1nc(OCc2cn(-c3ccc(Cl)c(C(C)(F)F)c3)nn2)ncc1Cl. The standard InChI is InChI=1S/C16H13Cl2F2N5O/c1-9-14(18)6-21-15(22-9)26-8-10-7-25(24-23-10)11-3-4-13(17)12(5-11)16(2,19)20/h3-7H,8H2,1-2H3. The molecule has 6 nitrogen and oxygen atoms in total. The topological polar surface area (TPSA) is 65.7 Å². The highest BCUT2D eigenvalue weighted by Crippen LogP contribution is 2.34. The molecule has 0 aliphatic rings. The van der Waals surface area contributed by atoms with Crippen molar-refractivity contribution in [1.82, 2.24) is 25.0 Å². The van der Waals surface area contributed by atoms with E-state index in [1.165, 1.54) is 23.0 Å². The summed E-state index contributed by atoms with van der Waals surface area (Å²) in [4.78, 5) is 8.03. The number of benzene rings is 1. The van der Waals surface area contributed by atoms with Crippen LogP contribution in [0.4, 0.5) is 8.78 Å². The van der Waals surface area contributed by atoms with Gasteiger partial charge in [-0.05, 0) is 25.1 Å². The van der Waals surface area contributed by atoms with Gasteiger partial charge in [-0.3, -0.25) is 0 Å². The summed E-state index contributed by atoms with van der Waals surface area (Å²) in [5.74, 6) is -3.07. The molecule has 2 heterocycles. The van der Waals surface area contributed by atoms with Gasteiger partial charge in [0.2, 0.25) is 0 Å². The number of halogens is 4. The molecule has 0 aliphatic carbocycles. The average Bonchev–Trinajstić information content (AvgIpc) is 3.04. The van der Waals surface area contributed by atoms with Crippen molar-refractivity contribution in [3.8, 4) is 11.7 Å². The second kappa shape index (κ2) is 7.13. The van der Waals surface area contributed by atoms with Crippen LogP contribution in [0.3, 0.4) is 0 Å². The summed E-state index contributed by atoms with van der Waals surface area (Å²) in [5, 5.41) is 8.29. The Bertz CT molecular complexity index is 943. The van der Waals surface area contributed by atoms with E-state index in [0.717, 1.165) is 6.92 Å². The van der Waals surface area contributed by atoms with E-state index in [1.807, 2.05) is 0 Å². The zero-order valence-electron chi connectivity index (χ0n) is 13.8. The van der Waals surface area contributed by atoms with Crippen LogP contribution < -0.4 is 4.74 Å². The number of rotatable bonds is 5. The first-order valence-electron chi connectivity index (χ1n) is 7.45. The van der Waals surface area contributed by atoms with Crippen LogP contribution in [-0.4, -0.2) is 25.0 Å². The van der Waals surface area contributed by atoms with Crippen LogP contribution in [-0.2, 0) is 12.5 Å². The van der Waals surface area contributed by atoms with Gasteiger partial charge in [-0.25, -0.2) is 18.4 Å². The number of hydrogen-bond donors (Lipinski definition) is 0. The van der Waals surface area contributed by atoms with Gasteiger partial charge in [0, 0.05) is 17.5 Å². The monoisotopic (exact) mass is 399 g/mol. The Labute approximate surface area is 157 Å². The molecule has 0 aliphatic heterocycles. The molecule has 0 spiro atoms. The summed E-state index contributed by atoms with van der Waals surface area (Å²) < 4.78 is 34.0. The average molecular weight is 400 g/mol.